The van der Waals surface area contributed by atoms with E-state index in [0.29, 0.717) is 10.8 Å². The third-order valence-corrected chi connectivity index (χ3v) is 3.16. The summed E-state index contributed by atoms with van der Waals surface area (Å²) in [4.78, 5) is 0.848. The zero-order chi connectivity index (χ0) is 12.2. The highest BCUT2D eigenvalue weighted by atomic mass is 35.5. The van der Waals surface area contributed by atoms with Crippen molar-refractivity contribution < 1.29 is 17.9 Å². The first-order valence-electron chi connectivity index (χ1n) is 4.54. The Balaban J connectivity index is 2.23. The number of halogens is 4. The molecular formula is C9H11ClF3NOS. The van der Waals surface area contributed by atoms with Gasteiger partial charge in [-0.1, -0.05) is 11.6 Å². The third kappa shape index (κ3) is 5.16. The number of ether oxygens (including phenoxy) is 1. The predicted molar refractivity (Wildman–Crippen MR) is 57.7 cm³/mol. The topological polar surface area (TPSA) is 35.2 Å². The van der Waals surface area contributed by atoms with Crippen molar-refractivity contribution in [3.63, 3.8) is 0 Å². The van der Waals surface area contributed by atoms with Gasteiger partial charge in [0.15, 0.2) is 0 Å². The van der Waals surface area contributed by atoms with Crippen LogP contribution in [0, 0.1) is 0 Å². The minimum atomic E-state index is -4.28. The Morgan fingerprint density at radius 1 is 1.44 bits per heavy atom. The van der Waals surface area contributed by atoms with Crippen molar-refractivity contribution in [1.82, 2.24) is 0 Å². The molecule has 1 heterocycles. The van der Waals surface area contributed by atoms with Crippen LogP contribution in [0.1, 0.15) is 17.3 Å². The van der Waals surface area contributed by atoms with Crippen LogP contribution in [0.15, 0.2) is 12.1 Å². The first-order valence-corrected chi connectivity index (χ1v) is 5.73. The van der Waals surface area contributed by atoms with E-state index in [1.807, 2.05) is 0 Å². The third-order valence-electron chi connectivity index (χ3n) is 1.80. The minimum Gasteiger partial charge on any atom is -0.372 e. The number of rotatable bonds is 5. The van der Waals surface area contributed by atoms with E-state index in [0.717, 1.165) is 4.88 Å². The first-order chi connectivity index (χ1) is 7.38. The van der Waals surface area contributed by atoms with Crippen molar-refractivity contribution in [2.45, 2.75) is 18.6 Å². The van der Waals surface area contributed by atoms with E-state index >= 15 is 0 Å². The molecule has 0 fully saturated rings. The molecule has 0 aliphatic heterocycles. The quantitative estimate of drug-likeness (QED) is 0.835. The van der Waals surface area contributed by atoms with Gasteiger partial charge in [-0.15, -0.1) is 11.3 Å². The Morgan fingerprint density at radius 3 is 2.62 bits per heavy atom. The fraction of sp³-hybridized carbons (Fsp3) is 0.556. The molecule has 7 heteroatoms. The smallest absolute Gasteiger partial charge is 0.372 e. The summed E-state index contributed by atoms with van der Waals surface area (Å²) in [7, 11) is 0. The largest absolute Gasteiger partial charge is 0.411 e. The van der Waals surface area contributed by atoms with Crippen molar-refractivity contribution in [3.8, 4) is 0 Å². The van der Waals surface area contributed by atoms with Crippen LogP contribution in [0.25, 0.3) is 0 Å². The highest BCUT2D eigenvalue weighted by Gasteiger charge is 2.27. The molecule has 92 valence electrons. The molecule has 0 aromatic carbocycles. The second-order valence-electron chi connectivity index (χ2n) is 3.20. The summed E-state index contributed by atoms with van der Waals surface area (Å²) in [5.41, 5.74) is 5.75. The minimum absolute atomic E-state index is 0.0177. The summed E-state index contributed by atoms with van der Waals surface area (Å²) in [6.07, 6.45) is -3.94. The van der Waals surface area contributed by atoms with E-state index in [2.05, 4.69) is 4.74 Å². The van der Waals surface area contributed by atoms with Crippen LogP contribution < -0.4 is 5.73 Å². The SMILES string of the molecule is NC(CCOCC(F)(F)F)c1ccc(Cl)s1. The van der Waals surface area contributed by atoms with Gasteiger partial charge in [-0.2, -0.15) is 13.2 Å². The average molecular weight is 274 g/mol. The zero-order valence-corrected chi connectivity index (χ0v) is 9.83. The molecule has 0 saturated carbocycles. The molecule has 1 unspecified atom stereocenters. The number of nitrogens with two attached hydrogens (primary N) is 1. The maximum absolute atomic E-state index is 11.7. The number of hydrogen-bond acceptors (Lipinski definition) is 3. The van der Waals surface area contributed by atoms with E-state index in [4.69, 9.17) is 17.3 Å². The number of thiophene rings is 1. The fourth-order valence-corrected chi connectivity index (χ4v) is 2.16. The molecule has 2 N–H and O–H groups in total. The van der Waals surface area contributed by atoms with Gasteiger partial charge < -0.3 is 10.5 Å². The first kappa shape index (κ1) is 13.8. The van der Waals surface area contributed by atoms with Gasteiger partial charge in [0, 0.05) is 17.5 Å². The van der Waals surface area contributed by atoms with E-state index < -0.39 is 12.8 Å². The Bertz CT molecular complexity index is 329. The summed E-state index contributed by atoms with van der Waals surface area (Å²) >= 11 is 7.03. The monoisotopic (exact) mass is 273 g/mol. The van der Waals surface area contributed by atoms with E-state index in [9.17, 15) is 13.2 Å². The molecular weight excluding hydrogens is 263 g/mol. The van der Waals surface area contributed by atoms with Crippen molar-refractivity contribution >= 4 is 22.9 Å². The second kappa shape index (κ2) is 5.86. The number of alkyl halides is 3. The van der Waals surface area contributed by atoms with E-state index in [1.54, 1.807) is 12.1 Å². The summed E-state index contributed by atoms with van der Waals surface area (Å²) in [5.74, 6) is 0. The molecule has 0 saturated heterocycles. The van der Waals surface area contributed by atoms with Crippen molar-refractivity contribution in [2.24, 2.45) is 5.73 Å². The van der Waals surface area contributed by atoms with Crippen LogP contribution in [0.4, 0.5) is 13.2 Å². The normalized spacial score (nSPS) is 14.1. The van der Waals surface area contributed by atoms with Crippen LogP contribution in [-0.4, -0.2) is 19.4 Å². The lowest BCUT2D eigenvalue weighted by Gasteiger charge is -2.11. The molecule has 0 aliphatic rings. The van der Waals surface area contributed by atoms with Crippen LogP contribution in [0.2, 0.25) is 4.34 Å². The van der Waals surface area contributed by atoms with Crippen LogP contribution in [0.5, 0.6) is 0 Å². The Labute approximate surface area is 100 Å². The molecule has 0 spiro atoms. The molecule has 1 atom stereocenters. The van der Waals surface area contributed by atoms with E-state index in [1.165, 1.54) is 11.3 Å². The molecule has 1 aromatic heterocycles. The Morgan fingerprint density at radius 2 is 2.12 bits per heavy atom. The van der Waals surface area contributed by atoms with Gasteiger partial charge in [-0.05, 0) is 18.6 Å². The van der Waals surface area contributed by atoms with Crippen molar-refractivity contribution in [1.29, 1.82) is 0 Å². The molecule has 16 heavy (non-hydrogen) atoms. The zero-order valence-electron chi connectivity index (χ0n) is 8.26. The maximum atomic E-state index is 11.7. The predicted octanol–water partition coefficient (Wildman–Crippen LogP) is 3.37. The van der Waals surface area contributed by atoms with Gasteiger partial charge in [0.25, 0.3) is 0 Å². The lowest BCUT2D eigenvalue weighted by Crippen LogP contribution is -2.19. The summed E-state index contributed by atoms with van der Waals surface area (Å²) in [5, 5.41) is 0. The number of hydrogen-bond donors (Lipinski definition) is 1. The highest BCUT2D eigenvalue weighted by molar-refractivity contribution is 7.16. The van der Waals surface area contributed by atoms with Crippen LogP contribution in [-0.2, 0) is 4.74 Å². The van der Waals surface area contributed by atoms with Gasteiger partial charge in [-0.3, -0.25) is 0 Å². The van der Waals surface area contributed by atoms with Gasteiger partial charge in [0.1, 0.15) is 6.61 Å². The van der Waals surface area contributed by atoms with E-state index in [-0.39, 0.29) is 12.6 Å². The molecule has 2 nitrogen and oxygen atoms in total. The van der Waals surface area contributed by atoms with Gasteiger partial charge >= 0.3 is 6.18 Å². The standard InChI is InChI=1S/C9H11ClF3NOS/c10-8-2-1-7(16-8)6(14)3-4-15-5-9(11,12)13/h1-2,6H,3-5,14H2. The summed E-state index contributed by atoms with van der Waals surface area (Å²) < 4.78 is 40.3. The molecule has 1 aromatic rings. The van der Waals surface area contributed by atoms with Gasteiger partial charge in [0.05, 0.1) is 4.34 Å². The average Bonchev–Trinajstić information content (AvgIpc) is 2.57. The molecule has 1 rings (SSSR count). The van der Waals surface area contributed by atoms with Gasteiger partial charge in [-0.25, -0.2) is 0 Å². The van der Waals surface area contributed by atoms with Crippen molar-refractivity contribution in [3.05, 3.63) is 21.3 Å². The highest BCUT2D eigenvalue weighted by Crippen LogP contribution is 2.27. The van der Waals surface area contributed by atoms with Crippen LogP contribution >= 0.6 is 22.9 Å². The lowest BCUT2D eigenvalue weighted by molar-refractivity contribution is -0.174. The van der Waals surface area contributed by atoms with Gasteiger partial charge in [0.2, 0.25) is 0 Å². The molecule has 0 bridgehead atoms. The second-order valence-corrected chi connectivity index (χ2v) is 4.95. The lowest BCUT2D eigenvalue weighted by atomic mass is 10.2. The summed E-state index contributed by atoms with van der Waals surface area (Å²) in [6.45, 7) is -1.25. The van der Waals surface area contributed by atoms with Crippen LogP contribution in [0.3, 0.4) is 0 Å². The fourth-order valence-electron chi connectivity index (χ4n) is 1.07. The summed E-state index contributed by atoms with van der Waals surface area (Å²) in [6, 6.07) is 3.14. The molecule has 0 amide bonds. The molecule has 0 aliphatic carbocycles. The molecule has 0 radical (unpaired) electrons. The maximum Gasteiger partial charge on any atom is 0.411 e. The Hall–Kier alpha value is -0.300. The van der Waals surface area contributed by atoms with Crippen molar-refractivity contribution in [2.75, 3.05) is 13.2 Å². The Kier molecular flexibility index (Phi) is 5.04.